The summed E-state index contributed by atoms with van der Waals surface area (Å²) in [4.78, 5) is 0. The third-order valence-corrected chi connectivity index (χ3v) is 5.19. The molecule has 0 saturated carbocycles. The summed E-state index contributed by atoms with van der Waals surface area (Å²) in [7, 11) is -1.48. The van der Waals surface area contributed by atoms with Crippen LogP contribution in [0.2, 0.25) is 0 Å². The molecule has 2 rings (SSSR count). The summed E-state index contributed by atoms with van der Waals surface area (Å²) in [5.74, 6) is 1.99. The minimum Gasteiger partial charge on any atom is -0.465 e. The van der Waals surface area contributed by atoms with Crippen molar-refractivity contribution >= 4 is 10.2 Å². The predicted molar refractivity (Wildman–Crippen MR) is 77.4 cm³/mol. The van der Waals surface area contributed by atoms with E-state index in [0.717, 1.165) is 25.1 Å². The van der Waals surface area contributed by atoms with Crippen LogP contribution in [-0.2, 0) is 16.8 Å². The molecule has 114 valence electrons. The van der Waals surface area contributed by atoms with E-state index in [-0.39, 0.29) is 6.54 Å². The van der Waals surface area contributed by atoms with Crippen LogP contribution in [0, 0.1) is 12.8 Å². The minimum atomic E-state index is -3.41. The lowest BCUT2D eigenvalue weighted by Gasteiger charge is -2.30. The van der Waals surface area contributed by atoms with Crippen LogP contribution >= 0.6 is 0 Å². The van der Waals surface area contributed by atoms with Crippen LogP contribution < -0.4 is 10.0 Å². The first-order chi connectivity index (χ1) is 9.51. The van der Waals surface area contributed by atoms with Crippen molar-refractivity contribution in [2.45, 2.75) is 26.3 Å². The Morgan fingerprint density at radius 2 is 2.05 bits per heavy atom. The zero-order chi connectivity index (χ0) is 14.6. The maximum atomic E-state index is 12.2. The Morgan fingerprint density at radius 3 is 2.60 bits per heavy atom. The molecule has 0 bridgehead atoms. The van der Waals surface area contributed by atoms with Gasteiger partial charge in [0.25, 0.3) is 10.2 Å². The fourth-order valence-electron chi connectivity index (χ4n) is 2.48. The molecule has 6 nitrogen and oxygen atoms in total. The fraction of sp³-hybridized carbons (Fsp3) is 0.692. The van der Waals surface area contributed by atoms with Gasteiger partial charge in [0.1, 0.15) is 11.5 Å². The highest BCUT2D eigenvalue weighted by atomic mass is 32.2. The van der Waals surface area contributed by atoms with Crippen molar-refractivity contribution in [1.82, 2.24) is 14.3 Å². The first-order valence-electron chi connectivity index (χ1n) is 6.96. The molecule has 0 radical (unpaired) electrons. The molecule has 1 aliphatic rings. The second-order valence-electron chi connectivity index (χ2n) is 5.24. The maximum absolute atomic E-state index is 12.2. The van der Waals surface area contributed by atoms with Crippen molar-refractivity contribution in [1.29, 1.82) is 0 Å². The van der Waals surface area contributed by atoms with Gasteiger partial charge in [-0.25, -0.2) is 0 Å². The van der Waals surface area contributed by atoms with Crippen LogP contribution in [-0.4, -0.2) is 39.4 Å². The van der Waals surface area contributed by atoms with E-state index in [4.69, 9.17) is 4.42 Å². The number of hydrogen-bond acceptors (Lipinski definition) is 4. The van der Waals surface area contributed by atoms with E-state index in [0.29, 0.717) is 24.8 Å². The lowest BCUT2D eigenvalue weighted by atomic mass is 9.98. The van der Waals surface area contributed by atoms with E-state index in [2.05, 4.69) is 10.0 Å². The van der Waals surface area contributed by atoms with Gasteiger partial charge >= 0.3 is 0 Å². The molecule has 2 N–H and O–H groups in total. The highest BCUT2D eigenvalue weighted by molar-refractivity contribution is 7.87. The van der Waals surface area contributed by atoms with Gasteiger partial charge in [-0.2, -0.15) is 17.4 Å². The predicted octanol–water partition coefficient (Wildman–Crippen LogP) is 0.854. The van der Waals surface area contributed by atoms with Gasteiger partial charge in [-0.05, 0) is 51.4 Å². The number of furan rings is 1. The van der Waals surface area contributed by atoms with Gasteiger partial charge in [-0.3, -0.25) is 0 Å². The van der Waals surface area contributed by atoms with E-state index < -0.39 is 10.2 Å². The monoisotopic (exact) mass is 301 g/mol. The lowest BCUT2D eigenvalue weighted by molar-refractivity contribution is 0.268. The zero-order valence-electron chi connectivity index (χ0n) is 12.1. The topological polar surface area (TPSA) is 74.6 Å². The summed E-state index contributed by atoms with van der Waals surface area (Å²) >= 11 is 0. The Bertz CT molecular complexity index is 519. The molecule has 20 heavy (non-hydrogen) atoms. The number of aryl methyl sites for hydroxylation is 1. The summed E-state index contributed by atoms with van der Waals surface area (Å²) in [6, 6.07) is 3.61. The van der Waals surface area contributed by atoms with E-state index in [1.165, 1.54) is 4.31 Å². The summed E-state index contributed by atoms with van der Waals surface area (Å²) in [5, 5.41) is 3.14. The second-order valence-corrected chi connectivity index (χ2v) is 6.99. The molecular formula is C13H23N3O3S. The molecule has 1 saturated heterocycles. The molecule has 0 spiro atoms. The SMILES string of the molecule is CNCC1CCN(S(=O)(=O)NCc2ccc(C)o2)CC1. The summed E-state index contributed by atoms with van der Waals surface area (Å²) in [6.07, 6.45) is 1.81. The molecule has 0 aromatic carbocycles. The second kappa shape index (κ2) is 6.71. The van der Waals surface area contributed by atoms with Crippen LogP contribution in [0.4, 0.5) is 0 Å². The van der Waals surface area contributed by atoms with Crippen molar-refractivity contribution in [2.75, 3.05) is 26.7 Å². The minimum absolute atomic E-state index is 0.201. The molecule has 1 fully saturated rings. The van der Waals surface area contributed by atoms with E-state index in [9.17, 15) is 8.42 Å². The Balaban J connectivity index is 1.85. The Hall–Kier alpha value is -0.890. The maximum Gasteiger partial charge on any atom is 0.279 e. The van der Waals surface area contributed by atoms with Crippen LogP contribution in [0.3, 0.4) is 0 Å². The van der Waals surface area contributed by atoms with Gasteiger partial charge < -0.3 is 9.73 Å². The quantitative estimate of drug-likeness (QED) is 0.817. The highest BCUT2D eigenvalue weighted by Gasteiger charge is 2.27. The molecule has 0 atom stereocenters. The number of rotatable bonds is 6. The molecular weight excluding hydrogens is 278 g/mol. The van der Waals surface area contributed by atoms with Crippen molar-refractivity contribution < 1.29 is 12.8 Å². The van der Waals surface area contributed by atoms with E-state index in [1.807, 2.05) is 20.0 Å². The van der Waals surface area contributed by atoms with Crippen LogP contribution in [0.1, 0.15) is 24.4 Å². The molecule has 1 aromatic rings. The first kappa shape index (κ1) is 15.5. The Morgan fingerprint density at radius 1 is 1.35 bits per heavy atom. The van der Waals surface area contributed by atoms with E-state index >= 15 is 0 Å². The first-order valence-corrected chi connectivity index (χ1v) is 8.40. The third kappa shape index (κ3) is 4.05. The third-order valence-electron chi connectivity index (χ3n) is 3.63. The number of piperidine rings is 1. The summed E-state index contributed by atoms with van der Waals surface area (Å²) in [5.41, 5.74) is 0. The molecule has 7 heteroatoms. The van der Waals surface area contributed by atoms with Crippen LogP contribution in [0.5, 0.6) is 0 Å². The lowest BCUT2D eigenvalue weighted by Crippen LogP contribution is -2.45. The zero-order valence-corrected chi connectivity index (χ0v) is 12.9. The van der Waals surface area contributed by atoms with Crippen LogP contribution in [0.15, 0.2) is 16.5 Å². The van der Waals surface area contributed by atoms with Gasteiger partial charge in [-0.15, -0.1) is 0 Å². The molecule has 0 aliphatic carbocycles. The van der Waals surface area contributed by atoms with Crippen molar-refractivity contribution in [2.24, 2.45) is 5.92 Å². The van der Waals surface area contributed by atoms with Crippen molar-refractivity contribution in [3.8, 4) is 0 Å². The standard InChI is InChI=1S/C13H23N3O3S/c1-11-3-4-13(19-11)10-15-20(17,18)16-7-5-12(6-8-16)9-14-2/h3-4,12,14-15H,5-10H2,1-2H3. The number of nitrogens with zero attached hydrogens (tertiary/aromatic N) is 1. The fourth-order valence-corrected chi connectivity index (χ4v) is 3.67. The number of hydrogen-bond donors (Lipinski definition) is 2. The smallest absolute Gasteiger partial charge is 0.279 e. The molecule has 0 amide bonds. The van der Waals surface area contributed by atoms with Gasteiger partial charge in [0.05, 0.1) is 6.54 Å². The summed E-state index contributed by atoms with van der Waals surface area (Å²) in [6.45, 7) is 4.15. The molecule has 0 unspecified atom stereocenters. The molecule has 2 heterocycles. The normalized spacial score (nSPS) is 18.5. The van der Waals surface area contributed by atoms with Gasteiger partial charge in [0, 0.05) is 13.1 Å². The van der Waals surface area contributed by atoms with Gasteiger partial charge in [0.15, 0.2) is 0 Å². The van der Waals surface area contributed by atoms with Gasteiger partial charge in [0.2, 0.25) is 0 Å². The van der Waals surface area contributed by atoms with Crippen molar-refractivity contribution in [3.05, 3.63) is 23.7 Å². The number of nitrogens with one attached hydrogen (secondary N) is 2. The van der Waals surface area contributed by atoms with Crippen LogP contribution in [0.25, 0.3) is 0 Å². The average molecular weight is 301 g/mol. The van der Waals surface area contributed by atoms with Crippen molar-refractivity contribution in [3.63, 3.8) is 0 Å². The Labute approximate surface area is 120 Å². The van der Waals surface area contributed by atoms with E-state index in [1.54, 1.807) is 6.07 Å². The largest absolute Gasteiger partial charge is 0.465 e. The highest BCUT2D eigenvalue weighted by Crippen LogP contribution is 2.18. The Kier molecular flexibility index (Phi) is 5.20. The van der Waals surface area contributed by atoms with Gasteiger partial charge in [-0.1, -0.05) is 0 Å². The summed E-state index contributed by atoms with van der Waals surface area (Å²) < 4.78 is 33.9. The molecule has 1 aliphatic heterocycles. The average Bonchev–Trinajstić information content (AvgIpc) is 2.84. The molecule has 1 aromatic heterocycles.